The van der Waals surface area contributed by atoms with Gasteiger partial charge in [-0.1, -0.05) is 90.2 Å². The van der Waals surface area contributed by atoms with Crippen LogP contribution in [0.25, 0.3) is 0 Å². The number of carbonyl (C=O) groups is 1. The van der Waals surface area contributed by atoms with Crippen LogP contribution < -0.4 is 5.32 Å². The highest BCUT2D eigenvalue weighted by molar-refractivity contribution is 5.90. The summed E-state index contributed by atoms with van der Waals surface area (Å²) in [6.45, 7) is 7.43. The van der Waals surface area contributed by atoms with Crippen molar-refractivity contribution in [3.63, 3.8) is 0 Å². The third kappa shape index (κ3) is 10.5. The molecule has 0 bridgehead atoms. The van der Waals surface area contributed by atoms with E-state index in [-0.39, 0.29) is 5.91 Å². The highest BCUT2D eigenvalue weighted by atomic mass is 16.1. The van der Waals surface area contributed by atoms with E-state index in [0.29, 0.717) is 12.2 Å². The number of nitrogens with one attached hydrogen (secondary N) is 1. The number of carbonyl (C=O) groups excluding carboxylic acids is 1. The molecule has 0 aliphatic rings. The Bertz CT molecular complexity index is 499. The second kappa shape index (κ2) is 15.6. The van der Waals surface area contributed by atoms with E-state index in [2.05, 4.69) is 29.5 Å². The lowest BCUT2D eigenvalue weighted by Crippen LogP contribution is -2.13. The molecular formula is C22H42N4O. The van der Waals surface area contributed by atoms with Gasteiger partial charge in [0.2, 0.25) is 5.91 Å². The van der Waals surface area contributed by atoms with Crippen LogP contribution in [0, 0.1) is 0 Å². The second-order valence-corrected chi connectivity index (χ2v) is 7.69. The van der Waals surface area contributed by atoms with Gasteiger partial charge in [0.15, 0.2) is 5.82 Å². The molecule has 0 saturated carbocycles. The standard InChI is InChI=1S/C22H42N4O/c1-4-7-9-11-13-15-18-20-22(23-21(27)17-6-3)24-25-26(20)19-16-14-12-10-8-5-2/h4-19H2,1-3H3,(H,23,27). The summed E-state index contributed by atoms with van der Waals surface area (Å²) in [4.78, 5) is 12.0. The van der Waals surface area contributed by atoms with E-state index in [4.69, 9.17) is 0 Å². The predicted molar refractivity (Wildman–Crippen MR) is 114 cm³/mol. The van der Waals surface area contributed by atoms with E-state index in [1.165, 1.54) is 64.2 Å². The van der Waals surface area contributed by atoms with Crippen molar-refractivity contribution >= 4 is 11.7 Å². The molecule has 1 rings (SSSR count). The summed E-state index contributed by atoms with van der Waals surface area (Å²) in [7, 11) is 0. The van der Waals surface area contributed by atoms with E-state index in [9.17, 15) is 4.79 Å². The Labute approximate surface area is 166 Å². The monoisotopic (exact) mass is 378 g/mol. The molecule has 0 radical (unpaired) electrons. The smallest absolute Gasteiger partial charge is 0.225 e. The normalized spacial score (nSPS) is 11.1. The van der Waals surface area contributed by atoms with Gasteiger partial charge in [-0.15, -0.1) is 5.10 Å². The average Bonchev–Trinajstić information content (AvgIpc) is 3.02. The lowest BCUT2D eigenvalue weighted by Gasteiger charge is -2.09. The zero-order valence-corrected chi connectivity index (χ0v) is 18.1. The van der Waals surface area contributed by atoms with Crippen LogP contribution >= 0.6 is 0 Å². The molecule has 0 spiro atoms. The third-order valence-electron chi connectivity index (χ3n) is 5.06. The summed E-state index contributed by atoms with van der Waals surface area (Å²) in [5.74, 6) is 0.737. The fraction of sp³-hybridized carbons (Fsp3) is 0.864. The van der Waals surface area contributed by atoms with Crippen molar-refractivity contribution in [3.8, 4) is 0 Å². The number of rotatable bonds is 17. The van der Waals surface area contributed by atoms with Gasteiger partial charge in [0.25, 0.3) is 0 Å². The molecule has 0 fully saturated rings. The van der Waals surface area contributed by atoms with Crippen LogP contribution in [0.15, 0.2) is 0 Å². The van der Waals surface area contributed by atoms with Crippen molar-refractivity contribution in [2.75, 3.05) is 5.32 Å². The summed E-state index contributed by atoms with van der Waals surface area (Å²) in [6, 6.07) is 0. The van der Waals surface area contributed by atoms with Gasteiger partial charge < -0.3 is 5.32 Å². The molecule has 5 heteroatoms. The van der Waals surface area contributed by atoms with Gasteiger partial charge in [-0.05, 0) is 25.7 Å². The first-order chi connectivity index (χ1) is 13.2. The predicted octanol–water partition coefficient (Wildman–Crippen LogP) is 6.28. The average molecular weight is 379 g/mol. The quantitative estimate of drug-likeness (QED) is 0.324. The molecule has 156 valence electrons. The first-order valence-electron chi connectivity index (χ1n) is 11.4. The SMILES string of the molecule is CCCCCCCCc1c(NC(=O)CCC)nnn1CCCCCCCC. The number of hydrogen-bond donors (Lipinski definition) is 1. The van der Waals surface area contributed by atoms with Crippen LogP contribution in [-0.2, 0) is 17.8 Å². The maximum atomic E-state index is 12.0. The van der Waals surface area contributed by atoms with Gasteiger partial charge in [-0.3, -0.25) is 4.79 Å². The summed E-state index contributed by atoms with van der Waals surface area (Å²) in [5.41, 5.74) is 1.11. The third-order valence-corrected chi connectivity index (χ3v) is 5.06. The molecule has 0 aromatic carbocycles. The van der Waals surface area contributed by atoms with Crippen molar-refractivity contribution < 1.29 is 4.79 Å². The van der Waals surface area contributed by atoms with E-state index in [0.717, 1.165) is 37.9 Å². The molecule has 0 unspecified atom stereocenters. The maximum absolute atomic E-state index is 12.0. The maximum Gasteiger partial charge on any atom is 0.225 e. The molecular weight excluding hydrogens is 336 g/mol. The topological polar surface area (TPSA) is 59.8 Å². The number of aromatic nitrogens is 3. The van der Waals surface area contributed by atoms with E-state index >= 15 is 0 Å². The van der Waals surface area contributed by atoms with Gasteiger partial charge >= 0.3 is 0 Å². The van der Waals surface area contributed by atoms with Crippen LogP contribution in [0.4, 0.5) is 5.82 Å². The molecule has 0 saturated heterocycles. The van der Waals surface area contributed by atoms with Crippen LogP contribution in [0.1, 0.15) is 116 Å². The van der Waals surface area contributed by atoms with Crippen LogP contribution in [-0.4, -0.2) is 20.9 Å². The summed E-state index contributed by atoms with van der Waals surface area (Å²) in [6.07, 6.45) is 17.6. The van der Waals surface area contributed by atoms with Crippen molar-refractivity contribution in [3.05, 3.63) is 5.69 Å². The Morgan fingerprint density at radius 1 is 0.815 bits per heavy atom. The van der Waals surface area contributed by atoms with Crippen LogP contribution in [0.5, 0.6) is 0 Å². The Balaban J connectivity index is 2.54. The zero-order valence-electron chi connectivity index (χ0n) is 18.1. The zero-order chi connectivity index (χ0) is 19.7. The molecule has 1 aromatic rings. The number of nitrogens with zero attached hydrogens (tertiary/aromatic N) is 3. The minimum atomic E-state index is 0.0494. The summed E-state index contributed by atoms with van der Waals surface area (Å²) < 4.78 is 2.04. The molecule has 0 atom stereocenters. The molecule has 1 N–H and O–H groups in total. The van der Waals surface area contributed by atoms with Crippen molar-refractivity contribution in [2.45, 2.75) is 124 Å². The number of aryl methyl sites for hydroxylation is 1. The first-order valence-corrected chi connectivity index (χ1v) is 11.4. The lowest BCUT2D eigenvalue weighted by atomic mass is 10.1. The number of anilines is 1. The van der Waals surface area contributed by atoms with Gasteiger partial charge in [0.05, 0.1) is 5.69 Å². The number of hydrogen-bond acceptors (Lipinski definition) is 3. The van der Waals surface area contributed by atoms with E-state index in [1.54, 1.807) is 0 Å². The fourth-order valence-corrected chi connectivity index (χ4v) is 3.39. The molecule has 0 aliphatic carbocycles. The van der Waals surface area contributed by atoms with Crippen LogP contribution in [0.3, 0.4) is 0 Å². The Morgan fingerprint density at radius 3 is 2.04 bits per heavy atom. The highest BCUT2D eigenvalue weighted by Crippen LogP contribution is 2.18. The second-order valence-electron chi connectivity index (χ2n) is 7.69. The summed E-state index contributed by atoms with van der Waals surface area (Å²) in [5, 5.41) is 11.6. The number of unbranched alkanes of at least 4 members (excludes halogenated alkanes) is 10. The molecule has 1 heterocycles. The van der Waals surface area contributed by atoms with Crippen molar-refractivity contribution in [2.24, 2.45) is 0 Å². The Kier molecular flexibility index (Phi) is 13.7. The lowest BCUT2D eigenvalue weighted by molar-refractivity contribution is -0.116. The van der Waals surface area contributed by atoms with Gasteiger partial charge in [-0.25, -0.2) is 4.68 Å². The highest BCUT2D eigenvalue weighted by Gasteiger charge is 2.14. The van der Waals surface area contributed by atoms with Crippen molar-refractivity contribution in [1.29, 1.82) is 0 Å². The van der Waals surface area contributed by atoms with E-state index < -0.39 is 0 Å². The molecule has 0 aliphatic heterocycles. The molecule has 27 heavy (non-hydrogen) atoms. The van der Waals surface area contributed by atoms with Crippen molar-refractivity contribution in [1.82, 2.24) is 15.0 Å². The minimum absolute atomic E-state index is 0.0494. The summed E-state index contributed by atoms with van der Waals surface area (Å²) >= 11 is 0. The molecule has 1 amide bonds. The van der Waals surface area contributed by atoms with Gasteiger partial charge in [-0.2, -0.15) is 0 Å². The Hall–Kier alpha value is -1.39. The van der Waals surface area contributed by atoms with E-state index in [1.807, 2.05) is 11.6 Å². The van der Waals surface area contributed by atoms with Gasteiger partial charge in [0.1, 0.15) is 0 Å². The minimum Gasteiger partial charge on any atom is -0.308 e. The van der Waals surface area contributed by atoms with Crippen LogP contribution in [0.2, 0.25) is 0 Å². The number of amides is 1. The van der Waals surface area contributed by atoms with Gasteiger partial charge in [0, 0.05) is 13.0 Å². The molecule has 1 aromatic heterocycles. The molecule has 5 nitrogen and oxygen atoms in total. The Morgan fingerprint density at radius 2 is 1.41 bits per heavy atom. The fourth-order valence-electron chi connectivity index (χ4n) is 3.39. The largest absolute Gasteiger partial charge is 0.308 e. The first kappa shape index (κ1) is 23.6.